The van der Waals surface area contributed by atoms with Gasteiger partial charge in [0.1, 0.15) is 17.5 Å². The Morgan fingerprint density at radius 3 is 2.65 bits per heavy atom. The van der Waals surface area contributed by atoms with Crippen LogP contribution in [-0.2, 0) is 0 Å². The van der Waals surface area contributed by atoms with Crippen molar-refractivity contribution in [1.29, 1.82) is 0 Å². The van der Waals surface area contributed by atoms with Crippen LogP contribution in [0.5, 0.6) is 0 Å². The zero-order valence-corrected chi connectivity index (χ0v) is 12.0. The number of benzene rings is 1. The van der Waals surface area contributed by atoms with Crippen LogP contribution in [-0.4, -0.2) is 10.9 Å². The van der Waals surface area contributed by atoms with Gasteiger partial charge in [0.25, 0.3) is 5.91 Å². The maximum absolute atomic E-state index is 13.6. The van der Waals surface area contributed by atoms with E-state index >= 15 is 0 Å². The summed E-state index contributed by atoms with van der Waals surface area (Å²) < 4.78 is 27.2. The molecule has 3 N–H and O–H groups in total. The Morgan fingerprint density at radius 2 is 2.00 bits per heavy atom. The topological polar surface area (TPSA) is 68.0 Å². The highest BCUT2D eigenvalue weighted by Gasteiger charge is 2.16. The molecule has 0 bridgehead atoms. The number of carbonyl (C=O) groups excluding carboxylic acids is 1. The normalized spacial score (nSPS) is 10.4. The second-order valence-corrected chi connectivity index (χ2v) is 4.99. The van der Waals surface area contributed by atoms with E-state index in [9.17, 15) is 13.6 Å². The van der Waals surface area contributed by atoms with Gasteiger partial charge in [-0.25, -0.2) is 13.8 Å². The molecule has 0 aliphatic heterocycles. The van der Waals surface area contributed by atoms with Gasteiger partial charge in [0, 0.05) is 6.07 Å². The van der Waals surface area contributed by atoms with Gasteiger partial charge in [-0.05, 0) is 40.5 Å². The molecule has 0 saturated carbocycles. The number of anilines is 2. The van der Waals surface area contributed by atoms with E-state index < -0.39 is 17.5 Å². The maximum Gasteiger partial charge on any atom is 0.259 e. The highest BCUT2D eigenvalue weighted by molar-refractivity contribution is 9.10. The van der Waals surface area contributed by atoms with Gasteiger partial charge in [0.05, 0.1) is 21.9 Å². The van der Waals surface area contributed by atoms with E-state index in [0.717, 1.165) is 6.07 Å². The number of amides is 1. The Labute approximate surface area is 122 Å². The molecule has 0 atom stereocenters. The van der Waals surface area contributed by atoms with Crippen LogP contribution in [0.2, 0.25) is 0 Å². The lowest BCUT2D eigenvalue weighted by molar-refractivity contribution is 0.102. The van der Waals surface area contributed by atoms with E-state index in [0.29, 0.717) is 16.2 Å². The number of nitrogens with zero attached hydrogens (tertiary/aromatic N) is 1. The number of hydrogen-bond donors (Lipinski definition) is 2. The summed E-state index contributed by atoms with van der Waals surface area (Å²) >= 11 is 3.18. The van der Waals surface area contributed by atoms with E-state index in [1.54, 1.807) is 6.07 Å². The minimum absolute atomic E-state index is 0.181. The smallest absolute Gasteiger partial charge is 0.259 e. The molecule has 104 valence electrons. The van der Waals surface area contributed by atoms with E-state index in [2.05, 4.69) is 26.2 Å². The third-order valence-corrected chi connectivity index (χ3v) is 3.19. The molecule has 1 aromatic heterocycles. The minimum atomic E-state index is -0.933. The van der Waals surface area contributed by atoms with Crippen molar-refractivity contribution in [1.82, 2.24) is 4.98 Å². The van der Waals surface area contributed by atoms with Gasteiger partial charge in [-0.15, -0.1) is 0 Å². The maximum atomic E-state index is 13.6. The van der Waals surface area contributed by atoms with Gasteiger partial charge < -0.3 is 11.1 Å². The number of carbonyl (C=O) groups is 1. The van der Waals surface area contributed by atoms with Crippen LogP contribution in [0.1, 0.15) is 15.9 Å². The molecule has 4 nitrogen and oxygen atoms in total. The zero-order chi connectivity index (χ0) is 14.9. The van der Waals surface area contributed by atoms with Crippen LogP contribution in [0.15, 0.2) is 28.9 Å². The van der Waals surface area contributed by atoms with Crippen LogP contribution in [0.3, 0.4) is 0 Å². The molecule has 1 amide bonds. The number of pyridine rings is 1. The third kappa shape index (κ3) is 2.93. The summed E-state index contributed by atoms with van der Waals surface area (Å²) in [5, 5.41) is 2.43. The average Bonchev–Trinajstić information content (AvgIpc) is 2.37. The van der Waals surface area contributed by atoms with Gasteiger partial charge in [-0.3, -0.25) is 4.79 Å². The fourth-order valence-corrected chi connectivity index (χ4v) is 2.02. The number of halogens is 3. The molecule has 0 aliphatic rings. The summed E-state index contributed by atoms with van der Waals surface area (Å²) in [7, 11) is 0. The highest BCUT2D eigenvalue weighted by Crippen LogP contribution is 2.23. The number of nitrogens with two attached hydrogens (primary N) is 1. The molecule has 1 aromatic carbocycles. The molecule has 20 heavy (non-hydrogen) atoms. The summed E-state index contributed by atoms with van der Waals surface area (Å²) in [6.07, 6.45) is 1.35. The molecule has 1 heterocycles. The van der Waals surface area contributed by atoms with Crippen molar-refractivity contribution in [2.75, 3.05) is 11.1 Å². The molecule has 0 spiro atoms. The van der Waals surface area contributed by atoms with Crippen molar-refractivity contribution in [2.45, 2.75) is 6.92 Å². The predicted molar refractivity (Wildman–Crippen MR) is 75.4 cm³/mol. The lowest BCUT2D eigenvalue weighted by Crippen LogP contribution is -2.16. The van der Waals surface area contributed by atoms with Gasteiger partial charge in [-0.2, -0.15) is 0 Å². The minimum Gasteiger partial charge on any atom is -0.397 e. The van der Waals surface area contributed by atoms with Crippen molar-refractivity contribution < 1.29 is 13.6 Å². The molecule has 7 heteroatoms. The standard InChI is InChI=1S/C13H10BrF2N3O/c1-6-2-8(11(16)4-10(6)15)13(20)19-12-9(14)3-7(17)5-18-12/h2-5H,17H2,1H3,(H,18,19,20). The average molecular weight is 342 g/mol. The second kappa shape index (κ2) is 5.54. The Kier molecular flexibility index (Phi) is 3.99. The first-order chi connectivity index (χ1) is 9.38. The number of rotatable bonds is 2. The summed E-state index contributed by atoms with van der Waals surface area (Å²) in [6.45, 7) is 1.45. The summed E-state index contributed by atoms with van der Waals surface area (Å²) in [5.74, 6) is -2.16. The fraction of sp³-hybridized carbons (Fsp3) is 0.0769. The molecule has 2 rings (SSSR count). The number of aromatic nitrogens is 1. The van der Waals surface area contributed by atoms with Gasteiger partial charge >= 0.3 is 0 Å². The van der Waals surface area contributed by atoms with Crippen molar-refractivity contribution in [2.24, 2.45) is 0 Å². The Hall–Kier alpha value is -2.02. The number of nitrogens with one attached hydrogen (secondary N) is 1. The Morgan fingerprint density at radius 1 is 1.30 bits per heavy atom. The van der Waals surface area contributed by atoms with E-state index in [1.807, 2.05) is 0 Å². The first-order valence-electron chi connectivity index (χ1n) is 5.56. The Bertz CT molecular complexity index is 692. The lowest BCUT2D eigenvalue weighted by Gasteiger charge is -2.08. The number of nitrogen functional groups attached to an aromatic ring is 1. The zero-order valence-electron chi connectivity index (χ0n) is 10.4. The summed E-state index contributed by atoms with van der Waals surface area (Å²) in [5.41, 5.74) is 5.86. The molecule has 0 saturated heterocycles. The van der Waals surface area contributed by atoms with Crippen LogP contribution >= 0.6 is 15.9 Å². The molecule has 0 unspecified atom stereocenters. The van der Waals surface area contributed by atoms with E-state index in [4.69, 9.17) is 5.73 Å². The van der Waals surface area contributed by atoms with Crippen LogP contribution < -0.4 is 11.1 Å². The third-order valence-electron chi connectivity index (χ3n) is 2.59. The van der Waals surface area contributed by atoms with Crippen LogP contribution in [0, 0.1) is 18.6 Å². The highest BCUT2D eigenvalue weighted by atomic mass is 79.9. The van der Waals surface area contributed by atoms with Crippen molar-refractivity contribution in [3.63, 3.8) is 0 Å². The monoisotopic (exact) mass is 341 g/mol. The molecule has 0 fully saturated rings. The largest absolute Gasteiger partial charge is 0.397 e. The van der Waals surface area contributed by atoms with Gasteiger partial charge in [0.15, 0.2) is 0 Å². The first-order valence-corrected chi connectivity index (χ1v) is 6.36. The first kappa shape index (κ1) is 14.4. The number of hydrogen-bond acceptors (Lipinski definition) is 3. The SMILES string of the molecule is Cc1cc(C(=O)Nc2ncc(N)cc2Br)c(F)cc1F. The predicted octanol–water partition coefficient (Wildman–Crippen LogP) is 3.27. The molecule has 0 aliphatic carbocycles. The molecule has 0 radical (unpaired) electrons. The quantitative estimate of drug-likeness (QED) is 0.880. The molecular formula is C13H10BrF2N3O. The lowest BCUT2D eigenvalue weighted by atomic mass is 10.1. The second-order valence-electron chi connectivity index (χ2n) is 4.13. The summed E-state index contributed by atoms with van der Waals surface area (Å²) in [6, 6.07) is 3.37. The molecule has 2 aromatic rings. The van der Waals surface area contributed by atoms with E-state index in [1.165, 1.54) is 13.1 Å². The van der Waals surface area contributed by atoms with Crippen molar-refractivity contribution in [3.05, 3.63) is 51.6 Å². The van der Waals surface area contributed by atoms with Crippen molar-refractivity contribution >= 4 is 33.3 Å². The molecular weight excluding hydrogens is 332 g/mol. The van der Waals surface area contributed by atoms with Gasteiger partial charge in [-0.1, -0.05) is 0 Å². The Balaban J connectivity index is 2.31. The summed E-state index contributed by atoms with van der Waals surface area (Å²) in [4.78, 5) is 15.9. The van der Waals surface area contributed by atoms with Gasteiger partial charge in [0.2, 0.25) is 0 Å². The number of aryl methyl sites for hydroxylation is 1. The van der Waals surface area contributed by atoms with Crippen LogP contribution in [0.4, 0.5) is 20.3 Å². The van der Waals surface area contributed by atoms with E-state index in [-0.39, 0.29) is 16.9 Å². The van der Waals surface area contributed by atoms with Crippen LogP contribution in [0.25, 0.3) is 0 Å². The van der Waals surface area contributed by atoms with Crippen molar-refractivity contribution in [3.8, 4) is 0 Å². The fourth-order valence-electron chi connectivity index (χ4n) is 1.55.